The van der Waals surface area contributed by atoms with Crippen LogP contribution in [0.25, 0.3) is 10.8 Å². The third-order valence-electron chi connectivity index (χ3n) is 5.27. The molecule has 0 atom stereocenters. The molecule has 0 spiro atoms. The number of hydrogen-bond acceptors (Lipinski definition) is 6. The van der Waals surface area contributed by atoms with Gasteiger partial charge in [0.15, 0.2) is 0 Å². The molecule has 4 aromatic carbocycles. The Morgan fingerprint density at radius 1 is 0.886 bits per heavy atom. The van der Waals surface area contributed by atoms with E-state index in [1.807, 2.05) is 31.2 Å². The monoisotopic (exact) mass is 492 g/mol. The van der Waals surface area contributed by atoms with E-state index in [1.54, 1.807) is 36.4 Å². The second kappa shape index (κ2) is 9.94. The zero-order chi connectivity index (χ0) is 25.0. The molecule has 3 N–H and O–H groups in total. The number of anilines is 2. The lowest BCUT2D eigenvalue weighted by molar-refractivity contribution is 0.102. The van der Waals surface area contributed by atoms with Crippen LogP contribution < -0.4 is 19.5 Å². The van der Waals surface area contributed by atoms with E-state index in [9.17, 15) is 18.3 Å². The third-order valence-corrected chi connectivity index (χ3v) is 6.63. The maximum Gasteiger partial charge on any atom is 0.262 e. The van der Waals surface area contributed by atoms with Gasteiger partial charge in [0.1, 0.15) is 17.2 Å². The van der Waals surface area contributed by atoms with E-state index in [-0.39, 0.29) is 27.6 Å². The topological polar surface area (TPSA) is 114 Å². The van der Waals surface area contributed by atoms with Gasteiger partial charge in [-0.3, -0.25) is 9.52 Å². The Bertz CT molecular complexity index is 1500. The normalized spacial score (nSPS) is 11.1. The van der Waals surface area contributed by atoms with Crippen LogP contribution in [-0.4, -0.2) is 33.1 Å². The van der Waals surface area contributed by atoms with E-state index in [4.69, 9.17) is 9.47 Å². The van der Waals surface area contributed by atoms with E-state index in [0.29, 0.717) is 18.1 Å². The van der Waals surface area contributed by atoms with Crippen molar-refractivity contribution in [2.75, 3.05) is 23.8 Å². The Hall–Kier alpha value is -4.24. The fraction of sp³-hybridized carbons (Fsp3) is 0.115. The minimum absolute atomic E-state index is 0.0616. The number of methoxy groups -OCH3 is 1. The average Bonchev–Trinajstić information content (AvgIpc) is 2.85. The van der Waals surface area contributed by atoms with Gasteiger partial charge in [-0.05, 0) is 60.2 Å². The minimum Gasteiger partial charge on any atom is -0.506 e. The quantitative estimate of drug-likeness (QED) is 0.298. The van der Waals surface area contributed by atoms with Crippen LogP contribution in [0.3, 0.4) is 0 Å². The first-order valence-corrected chi connectivity index (χ1v) is 12.3. The van der Waals surface area contributed by atoms with Gasteiger partial charge < -0.3 is 19.9 Å². The molecular formula is C26H24N2O6S. The predicted octanol–water partition coefficient (Wildman–Crippen LogP) is 5.01. The molecule has 0 unspecified atom stereocenters. The summed E-state index contributed by atoms with van der Waals surface area (Å²) in [5.74, 6) is -0.108. The Labute approximate surface area is 203 Å². The highest BCUT2D eigenvalue weighted by molar-refractivity contribution is 7.92. The van der Waals surface area contributed by atoms with Crippen molar-refractivity contribution in [3.8, 4) is 17.2 Å². The van der Waals surface area contributed by atoms with Gasteiger partial charge in [-0.25, -0.2) is 8.42 Å². The first kappa shape index (κ1) is 23.9. The van der Waals surface area contributed by atoms with Crippen LogP contribution in [0.4, 0.5) is 11.4 Å². The highest BCUT2D eigenvalue weighted by Crippen LogP contribution is 2.32. The molecule has 180 valence electrons. The number of rotatable bonds is 8. The lowest BCUT2D eigenvalue weighted by Gasteiger charge is -2.15. The maximum absolute atomic E-state index is 13.2. The molecule has 0 aliphatic carbocycles. The minimum atomic E-state index is -4.05. The van der Waals surface area contributed by atoms with Crippen molar-refractivity contribution in [2.24, 2.45) is 0 Å². The van der Waals surface area contributed by atoms with E-state index in [0.717, 1.165) is 10.8 Å². The van der Waals surface area contributed by atoms with Crippen molar-refractivity contribution < 1.29 is 27.8 Å². The number of amides is 1. The molecular weight excluding hydrogens is 468 g/mol. The molecule has 0 aliphatic rings. The number of carbonyl (C=O) groups is 1. The van der Waals surface area contributed by atoms with Crippen molar-refractivity contribution in [3.63, 3.8) is 0 Å². The van der Waals surface area contributed by atoms with Gasteiger partial charge >= 0.3 is 0 Å². The fourth-order valence-electron chi connectivity index (χ4n) is 3.58. The molecule has 1 amide bonds. The van der Waals surface area contributed by atoms with Crippen molar-refractivity contribution in [3.05, 3.63) is 84.4 Å². The standard InChI is InChI=1S/C26H24N2O6S/c1-3-34-25-15-18-9-5-4-8-17(18)14-20(25)26(30)27-22-16-19(12-13-23(22)29)35(31,32)28-21-10-6-7-11-24(21)33-2/h4-16,28-29H,3H2,1-2H3,(H,27,30). The second-order valence-corrected chi connectivity index (χ2v) is 9.25. The Morgan fingerprint density at radius 2 is 1.57 bits per heavy atom. The van der Waals surface area contributed by atoms with Gasteiger partial charge in [-0.2, -0.15) is 0 Å². The lowest BCUT2D eigenvalue weighted by Crippen LogP contribution is -2.16. The molecule has 9 heteroatoms. The number of fused-ring (bicyclic) bond motifs is 1. The number of phenolic OH excluding ortho intramolecular Hbond substituents is 1. The first-order chi connectivity index (χ1) is 16.8. The highest BCUT2D eigenvalue weighted by Gasteiger charge is 2.20. The Kier molecular flexibility index (Phi) is 6.79. The summed E-state index contributed by atoms with van der Waals surface area (Å²) < 4.78 is 39.3. The van der Waals surface area contributed by atoms with Gasteiger partial charge in [0.25, 0.3) is 15.9 Å². The second-order valence-electron chi connectivity index (χ2n) is 7.57. The summed E-state index contributed by atoms with van der Waals surface area (Å²) in [6.07, 6.45) is 0. The van der Waals surface area contributed by atoms with Gasteiger partial charge in [0.2, 0.25) is 0 Å². The summed E-state index contributed by atoms with van der Waals surface area (Å²) >= 11 is 0. The summed E-state index contributed by atoms with van der Waals surface area (Å²) in [6, 6.07) is 21.2. The molecule has 4 aromatic rings. The first-order valence-electron chi connectivity index (χ1n) is 10.8. The molecule has 0 aliphatic heterocycles. The molecule has 8 nitrogen and oxygen atoms in total. The molecule has 0 heterocycles. The number of ether oxygens (including phenoxy) is 2. The molecule has 0 bridgehead atoms. The summed E-state index contributed by atoms with van der Waals surface area (Å²) in [5.41, 5.74) is 0.449. The number of nitrogens with one attached hydrogen (secondary N) is 2. The van der Waals surface area contributed by atoms with Crippen LogP contribution in [0, 0.1) is 0 Å². The summed E-state index contributed by atoms with van der Waals surface area (Å²) in [7, 11) is -2.61. The zero-order valence-corrected chi connectivity index (χ0v) is 19.9. The molecule has 4 rings (SSSR count). The van der Waals surface area contributed by atoms with Crippen LogP contribution in [0.15, 0.2) is 83.8 Å². The van der Waals surface area contributed by atoms with E-state index in [1.165, 1.54) is 25.3 Å². The van der Waals surface area contributed by atoms with Gasteiger partial charge in [0.05, 0.1) is 35.6 Å². The van der Waals surface area contributed by atoms with Gasteiger partial charge in [0, 0.05) is 0 Å². The predicted molar refractivity (Wildman–Crippen MR) is 135 cm³/mol. The average molecular weight is 493 g/mol. The van der Waals surface area contributed by atoms with E-state index < -0.39 is 15.9 Å². The zero-order valence-electron chi connectivity index (χ0n) is 19.1. The van der Waals surface area contributed by atoms with Crippen molar-refractivity contribution in [1.29, 1.82) is 0 Å². The molecule has 0 saturated carbocycles. The summed E-state index contributed by atoms with van der Waals surface area (Å²) in [5, 5.41) is 14.7. The van der Waals surface area contributed by atoms with Crippen molar-refractivity contribution in [2.45, 2.75) is 11.8 Å². The van der Waals surface area contributed by atoms with Crippen LogP contribution in [0.1, 0.15) is 17.3 Å². The number of benzene rings is 4. The van der Waals surface area contributed by atoms with Crippen molar-refractivity contribution in [1.82, 2.24) is 0 Å². The van der Waals surface area contributed by atoms with Gasteiger partial charge in [-0.15, -0.1) is 0 Å². The highest BCUT2D eigenvalue weighted by atomic mass is 32.2. The summed E-state index contributed by atoms with van der Waals surface area (Å²) in [6.45, 7) is 2.16. The number of hydrogen-bond donors (Lipinski definition) is 3. The molecule has 0 fully saturated rings. The maximum atomic E-state index is 13.2. The molecule has 0 aromatic heterocycles. The number of phenols is 1. The van der Waals surface area contributed by atoms with Crippen LogP contribution >= 0.6 is 0 Å². The Morgan fingerprint density at radius 3 is 2.29 bits per heavy atom. The Balaban J connectivity index is 1.66. The lowest BCUT2D eigenvalue weighted by atomic mass is 10.1. The van der Waals surface area contributed by atoms with E-state index in [2.05, 4.69) is 10.0 Å². The third kappa shape index (κ3) is 5.15. The molecule has 35 heavy (non-hydrogen) atoms. The van der Waals surface area contributed by atoms with Crippen LogP contribution in [-0.2, 0) is 10.0 Å². The van der Waals surface area contributed by atoms with Crippen LogP contribution in [0.5, 0.6) is 17.2 Å². The number of aromatic hydroxyl groups is 1. The molecule has 0 radical (unpaired) electrons. The number of para-hydroxylation sites is 2. The SMILES string of the molecule is CCOc1cc2ccccc2cc1C(=O)Nc1cc(S(=O)(=O)Nc2ccccc2OC)ccc1O. The molecule has 0 saturated heterocycles. The largest absolute Gasteiger partial charge is 0.506 e. The smallest absolute Gasteiger partial charge is 0.262 e. The fourth-order valence-corrected chi connectivity index (χ4v) is 4.67. The van der Waals surface area contributed by atoms with Crippen LogP contribution in [0.2, 0.25) is 0 Å². The summed E-state index contributed by atoms with van der Waals surface area (Å²) in [4.78, 5) is 13.0. The number of carbonyl (C=O) groups excluding carboxylic acids is 1. The van der Waals surface area contributed by atoms with Crippen molar-refractivity contribution >= 4 is 38.1 Å². The van der Waals surface area contributed by atoms with E-state index >= 15 is 0 Å². The number of sulfonamides is 1. The van der Waals surface area contributed by atoms with Gasteiger partial charge in [-0.1, -0.05) is 36.4 Å².